The molecule has 1 amide bonds. The number of hydrogen-bond donors (Lipinski definition) is 3. The number of amides is 1. The number of halogens is 1. The molecule has 0 atom stereocenters. The van der Waals surface area contributed by atoms with E-state index in [1.165, 1.54) is 11.3 Å². The van der Waals surface area contributed by atoms with Gasteiger partial charge in [0.15, 0.2) is 16.6 Å². The van der Waals surface area contributed by atoms with Gasteiger partial charge in [-0.15, -0.1) is 10.2 Å². The zero-order chi connectivity index (χ0) is 25.6. The minimum atomic E-state index is -1.23. The van der Waals surface area contributed by atoms with Crippen molar-refractivity contribution < 1.29 is 14.7 Å². The minimum Gasteiger partial charge on any atom is -0.480 e. The summed E-state index contributed by atoms with van der Waals surface area (Å²) >= 11 is 7.60. The van der Waals surface area contributed by atoms with E-state index in [-0.39, 0.29) is 5.56 Å². The molecule has 2 aromatic carbocycles. The number of pyridine rings is 1. The molecule has 9 nitrogen and oxygen atoms in total. The summed E-state index contributed by atoms with van der Waals surface area (Å²) in [7, 11) is 0. The quantitative estimate of drug-likeness (QED) is 0.263. The monoisotopic (exact) mass is 532 g/mol. The topological polar surface area (TPSA) is 122 Å². The fourth-order valence-corrected chi connectivity index (χ4v) is 5.89. The lowest BCUT2D eigenvalue weighted by Crippen LogP contribution is -2.52. The van der Waals surface area contributed by atoms with Crippen LogP contribution in [0.2, 0.25) is 5.02 Å². The van der Waals surface area contributed by atoms with Gasteiger partial charge in [-0.25, -0.2) is 9.78 Å². The number of nitrogens with one attached hydrogen (secondary N) is 2. The van der Waals surface area contributed by atoms with Gasteiger partial charge in [-0.3, -0.25) is 9.20 Å². The minimum absolute atomic E-state index is 0.281. The molecule has 0 saturated heterocycles. The number of rotatable bonds is 6. The number of thiazole rings is 1. The molecule has 1 aliphatic carbocycles. The predicted molar refractivity (Wildman–Crippen MR) is 143 cm³/mol. The van der Waals surface area contributed by atoms with Crippen molar-refractivity contribution in [1.29, 1.82) is 0 Å². The van der Waals surface area contributed by atoms with Crippen molar-refractivity contribution in [2.24, 2.45) is 0 Å². The zero-order valence-corrected chi connectivity index (χ0v) is 21.0. The molecule has 1 saturated carbocycles. The highest BCUT2D eigenvalue weighted by Gasteiger charge is 2.43. The van der Waals surface area contributed by atoms with Crippen molar-refractivity contribution in [3.05, 3.63) is 71.4 Å². The molecule has 3 aromatic heterocycles. The van der Waals surface area contributed by atoms with Gasteiger partial charge in [-0.05, 0) is 67.4 Å². The van der Waals surface area contributed by atoms with Gasteiger partial charge in [-0.2, -0.15) is 0 Å². The molecular formula is C26H21ClN6O3S. The van der Waals surface area contributed by atoms with Crippen molar-refractivity contribution in [3.63, 3.8) is 0 Å². The number of anilines is 2. The van der Waals surface area contributed by atoms with Crippen LogP contribution in [-0.2, 0) is 4.79 Å². The lowest BCUT2D eigenvalue weighted by Gasteiger charge is -2.25. The first-order valence-corrected chi connectivity index (χ1v) is 12.9. The molecule has 186 valence electrons. The van der Waals surface area contributed by atoms with Gasteiger partial charge >= 0.3 is 5.97 Å². The second-order valence-corrected chi connectivity index (χ2v) is 10.5. The van der Waals surface area contributed by atoms with E-state index in [4.69, 9.17) is 11.6 Å². The van der Waals surface area contributed by atoms with Crippen LogP contribution in [0, 0.1) is 0 Å². The average molecular weight is 533 g/mol. The van der Waals surface area contributed by atoms with Crippen LogP contribution in [0.15, 0.2) is 60.8 Å². The first-order chi connectivity index (χ1) is 17.9. The van der Waals surface area contributed by atoms with Crippen LogP contribution in [0.4, 0.5) is 10.8 Å². The Balaban J connectivity index is 1.25. The van der Waals surface area contributed by atoms with E-state index >= 15 is 0 Å². The molecule has 37 heavy (non-hydrogen) atoms. The Morgan fingerprint density at radius 2 is 1.84 bits per heavy atom. The van der Waals surface area contributed by atoms with Crippen LogP contribution in [-0.4, -0.2) is 42.1 Å². The number of aromatic nitrogens is 4. The molecule has 0 bridgehead atoms. The summed E-state index contributed by atoms with van der Waals surface area (Å²) in [6, 6.07) is 16.6. The normalized spacial score (nSPS) is 14.7. The van der Waals surface area contributed by atoms with Crippen molar-refractivity contribution in [3.8, 4) is 11.4 Å². The van der Waals surface area contributed by atoms with E-state index in [0.29, 0.717) is 29.3 Å². The average Bonchev–Trinajstić information content (AvgIpc) is 3.62. The highest BCUT2D eigenvalue weighted by molar-refractivity contribution is 7.22. The molecule has 1 fully saturated rings. The van der Waals surface area contributed by atoms with E-state index in [0.717, 1.165) is 39.4 Å². The van der Waals surface area contributed by atoms with Crippen LogP contribution in [0.25, 0.3) is 27.3 Å². The fraction of sp³-hybridized carbons (Fsp3) is 0.192. The Bertz CT molecular complexity index is 1660. The molecule has 0 spiro atoms. The van der Waals surface area contributed by atoms with Crippen molar-refractivity contribution in [2.45, 2.75) is 31.2 Å². The van der Waals surface area contributed by atoms with Gasteiger partial charge in [0.05, 0.1) is 15.8 Å². The Labute approximate surface area is 220 Å². The van der Waals surface area contributed by atoms with Gasteiger partial charge in [-0.1, -0.05) is 35.8 Å². The predicted octanol–water partition coefficient (Wildman–Crippen LogP) is 5.53. The van der Waals surface area contributed by atoms with E-state index in [9.17, 15) is 14.7 Å². The van der Waals surface area contributed by atoms with E-state index in [1.54, 1.807) is 22.7 Å². The molecular weight excluding hydrogens is 512 g/mol. The molecule has 5 aromatic rings. The summed E-state index contributed by atoms with van der Waals surface area (Å²) in [5.74, 6) is -0.902. The summed E-state index contributed by atoms with van der Waals surface area (Å²) in [4.78, 5) is 29.6. The van der Waals surface area contributed by atoms with Crippen LogP contribution in [0.1, 0.15) is 36.0 Å². The summed E-state index contributed by atoms with van der Waals surface area (Å²) in [5, 5.41) is 25.8. The third-order valence-electron chi connectivity index (χ3n) is 6.64. The molecule has 0 radical (unpaired) electrons. The maximum Gasteiger partial charge on any atom is 0.329 e. The first kappa shape index (κ1) is 23.4. The second-order valence-electron chi connectivity index (χ2n) is 9.02. The molecule has 6 rings (SSSR count). The number of hydrogen-bond acceptors (Lipinski definition) is 7. The van der Waals surface area contributed by atoms with E-state index < -0.39 is 17.4 Å². The Morgan fingerprint density at radius 3 is 2.59 bits per heavy atom. The fourth-order valence-electron chi connectivity index (χ4n) is 4.72. The SMILES string of the molecule is O=C(NC1(C(=O)O)CCCC1)c1cccn2c(-c3ccc(Nc4nc5ccc(Cl)cc5s4)cc3)nnc12. The summed E-state index contributed by atoms with van der Waals surface area (Å²) in [6.07, 6.45) is 4.15. The van der Waals surface area contributed by atoms with Gasteiger partial charge in [0.25, 0.3) is 5.91 Å². The molecule has 0 aliphatic heterocycles. The van der Waals surface area contributed by atoms with Crippen LogP contribution >= 0.6 is 22.9 Å². The molecule has 11 heteroatoms. The van der Waals surface area contributed by atoms with Crippen molar-refractivity contribution in [1.82, 2.24) is 24.9 Å². The number of carboxylic acids is 1. The van der Waals surface area contributed by atoms with Gasteiger partial charge < -0.3 is 15.7 Å². The molecule has 1 aliphatic rings. The van der Waals surface area contributed by atoms with Gasteiger partial charge in [0.1, 0.15) is 5.54 Å². The highest BCUT2D eigenvalue weighted by Crippen LogP contribution is 2.32. The number of carbonyl (C=O) groups excluding carboxylic acids is 1. The zero-order valence-electron chi connectivity index (χ0n) is 19.4. The standard InChI is InChI=1S/C26H21ClN6O3S/c27-16-7-10-19-20(14-16)37-25(29-19)28-17-8-5-15(6-9-17)21-31-32-22-18(4-3-13-33(21)22)23(34)30-26(24(35)36)11-1-2-12-26/h3-10,13-14H,1-2,11-12H2,(H,28,29)(H,30,34)(H,35,36). The van der Waals surface area contributed by atoms with Crippen LogP contribution < -0.4 is 10.6 Å². The third-order valence-corrected chi connectivity index (χ3v) is 7.81. The second kappa shape index (κ2) is 9.13. The lowest BCUT2D eigenvalue weighted by atomic mass is 9.97. The maximum atomic E-state index is 13.1. The first-order valence-electron chi connectivity index (χ1n) is 11.8. The Hall–Kier alpha value is -4.02. The van der Waals surface area contributed by atoms with Gasteiger partial charge in [0, 0.05) is 22.5 Å². The molecule has 3 N–H and O–H groups in total. The summed E-state index contributed by atoms with van der Waals surface area (Å²) < 4.78 is 2.74. The largest absolute Gasteiger partial charge is 0.480 e. The lowest BCUT2D eigenvalue weighted by molar-refractivity contribution is -0.144. The highest BCUT2D eigenvalue weighted by atomic mass is 35.5. The number of carboxylic acid groups (broad SMARTS) is 1. The van der Waals surface area contributed by atoms with E-state index in [2.05, 4.69) is 25.8 Å². The smallest absolute Gasteiger partial charge is 0.329 e. The Morgan fingerprint density at radius 1 is 1.05 bits per heavy atom. The van der Waals surface area contributed by atoms with Crippen LogP contribution in [0.3, 0.4) is 0 Å². The number of carbonyl (C=O) groups is 2. The number of fused-ring (bicyclic) bond motifs is 2. The molecule has 3 heterocycles. The third kappa shape index (κ3) is 4.28. The van der Waals surface area contributed by atoms with Crippen molar-refractivity contribution in [2.75, 3.05) is 5.32 Å². The number of aliphatic carboxylic acids is 1. The summed E-state index contributed by atoms with van der Waals surface area (Å²) in [5.41, 5.74) is 1.96. The molecule has 0 unspecified atom stereocenters. The Kier molecular flexibility index (Phi) is 5.77. The maximum absolute atomic E-state index is 13.1. The summed E-state index contributed by atoms with van der Waals surface area (Å²) in [6.45, 7) is 0. The van der Waals surface area contributed by atoms with Crippen LogP contribution in [0.5, 0.6) is 0 Å². The van der Waals surface area contributed by atoms with Crippen molar-refractivity contribution >= 4 is 61.5 Å². The number of nitrogens with zero attached hydrogens (tertiary/aromatic N) is 4. The van der Waals surface area contributed by atoms with E-state index in [1.807, 2.05) is 42.5 Å². The van der Waals surface area contributed by atoms with Gasteiger partial charge in [0.2, 0.25) is 0 Å². The number of benzene rings is 2.